The highest BCUT2D eigenvalue weighted by molar-refractivity contribution is 6.67. The van der Waals surface area contributed by atoms with E-state index in [4.69, 9.17) is 5.26 Å². The molecule has 0 bridgehead atoms. The molecule has 1 aliphatic carbocycles. The van der Waals surface area contributed by atoms with Gasteiger partial charge in [0.25, 0.3) is 6.71 Å². The molecular weight excluding hydrogens is 133 g/mol. The third-order valence-electron chi connectivity index (χ3n) is 3.42. The summed E-state index contributed by atoms with van der Waals surface area (Å²) in [7, 11) is 0. The monoisotopic (exact) mass is 147 g/mol. The molecule has 2 fully saturated rings. The second-order valence-corrected chi connectivity index (χ2v) is 4.10. The van der Waals surface area contributed by atoms with Crippen molar-refractivity contribution in [3.8, 4) is 5.97 Å². The SMILES string of the molecule is N#CB1CC2CCCCC2C1. The van der Waals surface area contributed by atoms with Crippen molar-refractivity contribution in [2.75, 3.05) is 0 Å². The normalized spacial score (nSPS) is 36.5. The van der Waals surface area contributed by atoms with E-state index in [1.807, 2.05) is 0 Å². The summed E-state index contributed by atoms with van der Waals surface area (Å²) in [5.41, 5.74) is 0. The first-order valence-electron chi connectivity index (χ1n) is 4.80. The van der Waals surface area contributed by atoms with Gasteiger partial charge in [-0.05, 0) is 11.8 Å². The van der Waals surface area contributed by atoms with Gasteiger partial charge in [0.15, 0.2) is 0 Å². The zero-order valence-corrected chi connectivity index (χ0v) is 6.92. The molecule has 0 radical (unpaired) electrons. The number of fused-ring (bicyclic) bond motifs is 1. The molecule has 1 saturated carbocycles. The molecule has 0 N–H and O–H groups in total. The van der Waals surface area contributed by atoms with Gasteiger partial charge < -0.3 is 0 Å². The van der Waals surface area contributed by atoms with Gasteiger partial charge >= 0.3 is 0 Å². The quantitative estimate of drug-likeness (QED) is 0.482. The molecule has 0 spiro atoms. The molecule has 11 heavy (non-hydrogen) atoms. The Bertz CT molecular complexity index is 170. The van der Waals surface area contributed by atoms with Crippen LogP contribution in [-0.4, -0.2) is 6.71 Å². The van der Waals surface area contributed by atoms with Crippen LogP contribution < -0.4 is 0 Å². The van der Waals surface area contributed by atoms with Crippen molar-refractivity contribution in [3.05, 3.63) is 0 Å². The van der Waals surface area contributed by atoms with Crippen LogP contribution in [-0.2, 0) is 0 Å². The van der Waals surface area contributed by atoms with Crippen LogP contribution in [0, 0.1) is 23.1 Å². The summed E-state index contributed by atoms with van der Waals surface area (Å²) in [4.78, 5) is 0. The number of rotatable bonds is 0. The molecule has 2 rings (SSSR count). The molecule has 1 saturated heterocycles. The van der Waals surface area contributed by atoms with E-state index in [9.17, 15) is 0 Å². The fraction of sp³-hybridized carbons (Fsp3) is 0.889. The van der Waals surface area contributed by atoms with E-state index in [-0.39, 0.29) is 0 Å². The Morgan fingerprint density at radius 1 is 1.09 bits per heavy atom. The van der Waals surface area contributed by atoms with Crippen LogP contribution in [0.25, 0.3) is 0 Å². The predicted molar refractivity (Wildman–Crippen MR) is 46.4 cm³/mol. The van der Waals surface area contributed by atoms with E-state index in [0.29, 0.717) is 6.71 Å². The summed E-state index contributed by atoms with van der Waals surface area (Å²) in [6.45, 7) is 0.406. The van der Waals surface area contributed by atoms with Gasteiger partial charge in [-0.3, -0.25) is 0 Å². The Kier molecular flexibility index (Phi) is 1.90. The molecular formula is C9H14BN. The minimum Gasteiger partial charge on any atom is -0.213 e. The Labute approximate surface area is 68.9 Å². The maximum absolute atomic E-state index is 8.76. The Balaban J connectivity index is 1.99. The number of hydrogen-bond acceptors (Lipinski definition) is 1. The highest BCUT2D eigenvalue weighted by atomic mass is 14.3. The fourth-order valence-electron chi connectivity index (χ4n) is 2.84. The molecule has 2 aliphatic rings. The maximum Gasteiger partial charge on any atom is 0.268 e. The molecule has 58 valence electrons. The standard InChI is InChI=1S/C9H14BN/c11-7-10-5-8-3-1-2-4-9(8)6-10/h8-9H,1-6H2. The van der Waals surface area contributed by atoms with Crippen LogP contribution in [0.1, 0.15) is 25.7 Å². The minimum atomic E-state index is 0.406. The van der Waals surface area contributed by atoms with Gasteiger partial charge in [0.1, 0.15) is 0 Å². The summed E-state index contributed by atoms with van der Waals surface area (Å²) in [6, 6.07) is 0. The lowest BCUT2D eigenvalue weighted by Crippen LogP contribution is -2.11. The first-order valence-corrected chi connectivity index (χ1v) is 4.80. The van der Waals surface area contributed by atoms with E-state index in [1.165, 1.54) is 38.3 Å². The van der Waals surface area contributed by atoms with Crippen molar-refractivity contribution < 1.29 is 0 Å². The van der Waals surface area contributed by atoms with Gasteiger partial charge in [-0.2, -0.15) is 0 Å². The number of nitrogens with zero attached hydrogens (tertiary/aromatic N) is 1. The predicted octanol–water partition coefficient (Wildman–Crippen LogP) is 2.36. The smallest absolute Gasteiger partial charge is 0.213 e. The van der Waals surface area contributed by atoms with Crippen LogP contribution in [0.2, 0.25) is 12.6 Å². The molecule has 1 aliphatic heterocycles. The third kappa shape index (κ3) is 1.29. The zero-order valence-electron chi connectivity index (χ0n) is 6.92. The molecule has 0 aromatic heterocycles. The maximum atomic E-state index is 8.76. The lowest BCUT2D eigenvalue weighted by Gasteiger charge is -2.24. The second kappa shape index (κ2) is 2.89. The third-order valence-corrected chi connectivity index (χ3v) is 3.42. The van der Waals surface area contributed by atoms with E-state index in [0.717, 1.165) is 11.8 Å². The zero-order chi connectivity index (χ0) is 7.68. The summed E-state index contributed by atoms with van der Waals surface area (Å²) in [5, 5.41) is 8.76. The Hall–Kier alpha value is -0.445. The van der Waals surface area contributed by atoms with Crippen molar-refractivity contribution in [3.63, 3.8) is 0 Å². The van der Waals surface area contributed by atoms with Gasteiger partial charge in [-0.1, -0.05) is 38.3 Å². The summed E-state index contributed by atoms with van der Waals surface area (Å²) < 4.78 is 0. The lowest BCUT2D eigenvalue weighted by molar-refractivity contribution is 0.294. The van der Waals surface area contributed by atoms with Crippen molar-refractivity contribution >= 4 is 6.71 Å². The first kappa shape index (κ1) is 7.22. The summed E-state index contributed by atoms with van der Waals surface area (Å²) in [6.07, 6.45) is 8.06. The fourth-order valence-corrected chi connectivity index (χ4v) is 2.84. The summed E-state index contributed by atoms with van der Waals surface area (Å²) >= 11 is 0. The molecule has 1 heterocycles. The molecule has 2 unspecified atom stereocenters. The van der Waals surface area contributed by atoms with Gasteiger partial charge in [-0.25, -0.2) is 5.26 Å². The molecule has 2 heteroatoms. The van der Waals surface area contributed by atoms with Crippen LogP contribution in [0.3, 0.4) is 0 Å². The topological polar surface area (TPSA) is 23.8 Å². The lowest BCUT2D eigenvalue weighted by atomic mass is 9.49. The van der Waals surface area contributed by atoms with Crippen LogP contribution in [0.4, 0.5) is 0 Å². The molecule has 0 amide bonds. The highest BCUT2D eigenvalue weighted by Crippen LogP contribution is 2.42. The van der Waals surface area contributed by atoms with Crippen molar-refractivity contribution in [2.45, 2.75) is 38.3 Å². The minimum absolute atomic E-state index is 0.406. The first-order chi connectivity index (χ1) is 5.40. The van der Waals surface area contributed by atoms with Crippen LogP contribution in [0.15, 0.2) is 0 Å². The van der Waals surface area contributed by atoms with E-state index < -0.39 is 0 Å². The van der Waals surface area contributed by atoms with Crippen LogP contribution >= 0.6 is 0 Å². The Morgan fingerprint density at radius 3 is 2.09 bits per heavy atom. The summed E-state index contributed by atoms with van der Waals surface area (Å²) in [5.74, 6) is 4.27. The molecule has 0 aromatic rings. The van der Waals surface area contributed by atoms with Gasteiger partial charge in [0, 0.05) is 5.97 Å². The highest BCUT2D eigenvalue weighted by Gasteiger charge is 2.37. The van der Waals surface area contributed by atoms with E-state index in [2.05, 4.69) is 5.97 Å². The van der Waals surface area contributed by atoms with Crippen molar-refractivity contribution in [2.24, 2.45) is 11.8 Å². The van der Waals surface area contributed by atoms with E-state index >= 15 is 0 Å². The average Bonchev–Trinajstić information content (AvgIpc) is 2.46. The second-order valence-electron chi connectivity index (χ2n) is 4.10. The van der Waals surface area contributed by atoms with Crippen molar-refractivity contribution in [1.29, 1.82) is 5.26 Å². The van der Waals surface area contributed by atoms with Crippen LogP contribution in [0.5, 0.6) is 0 Å². The average molecular weight is 147 g/mol. The molecule has 2 atom stereocenters. The molecule has 0 aromatic carbocycles. The van der Waals surface area contributed by atoms with Gasteiger partial charge in [0.2, 0.25) is 0 Å². The van der Waals surface area contributed by atoms with Gasteiger partial charge in [-0.15, -0.1) is 0 Å². The number of nitriles is 1. The number of hydrogen-bond donors (Lipinski definition) is 0. The van der Waals surface area contributed by atoms with Crippen molar-refractivity contribution in [1.82, 2.24) is 0 Å². The van der Waals surface area contributed by atoms with Gasteiger partial charge in [0.05, 0.1) is 0 Å². The van der Waals surface area contributed by atoms with E-state index in [1.54, 1.807) is 0 Å². The largest absolute Gasteiger partial charge is 0.268 e. The molecule has 1 nitrogen and oxygen atoms in total. The Morgan fingerprint density at radius 2 is 1.64 bits per heavy atom.